The number of hydrogen-bond acceptors (Lipinski definition) is 4. The first-order chi connectivity index (χ1) is 12.2. The first kappa shape index (κ1) is 15.7. The Hall–Kier alpha value is -2.86. The van der Waals surface area contributed by atoms with Crippen molar-refractivity contribution in [2.75, 3.05) is 0 Å². The minimum Gasteiger partial charge on any atom is -0.443 e. The zero-order valence-electron chi connectivity index (χ0n) is 13.7. The third-order valence-electron chi connectivity index (χ3n) is 4.07. The molecule has 0 aliphatic heterocycles. The molecule has 25 heavy (non-hydrogen) atoms. The summed E-state index contributed by atoms with van der Waals surface area (Å²) < 4.78 is 7.49. The highest BCUT2D eigenvalue weighted by Gasteiger charge is 2.11. The maximum atomic E-state index is 12.3. The first-order valence-electron chi connectivity index (χ1n) is 8.00. The molecule has 1 N–H and O–H groups in total. The molecule has 3 heterocycles. The van der Waals surface area contributed by atoms with Crippen LogP contribution in [-0.4, -0.2) is 15.5 Å². The van der Waals surface area contributed by atoms with E-state index in [2.05, 4.69) is 22.4 Å². The number of oxazole rings is 1. The van der Waals surface area contributed by atoms with Crippen molar-refractivity contribution in [3.8, 4) is 10.8 Å². The molecule has 4 rings (SSSR count). The van der Waals surface area contributed by atoms with Crippen LogP contribution in [0.4, 0.5) is 0 Å². The highest BCUT2D eigenvalue weighted by atomic mass is 32.1. The van der Waals surface area contributed by atoms with E-state index in [1.165, 1.54) is 0 Å². The molecule has 126 valence electrons. The Labute approximate surface area is 148 Å². The van der Waals surface area contributed by atoms with Gasteiger partial charge in [-0.05, 0) is 35.9 Å². The Bertz CT molecular complexity index is 1010. The van der Waals surface area contributed by atoms with Crippen LogP contribution in [0.25, 0.3) is 21.7 Å². The lowest BCUT2D eigenvalue weighted by Gasteiger charge is -2.08. The van der Waals surface area contributed by atoms with Gasteiger partial charge in [-0.15, -0.1) is 11.3 Å². The second-order valence-electron chi connectivity index (χ2n) is 5.83. The predicted molar refractivity (Wildman–Crippen MR) is 98.3 cm³/mol. The lowest BCUT2D eigenvalue weighted by Crippen LogP contribution is -2.27. The van der Waals surface area contributed by atoms with Crippen LogP contribution in [0.1, 0.15) is 11.4 Å². The fourth-order valence-corrected chi connectivity index (χ4v) is 3.50. The molecule has 0 spiro atoms. The van der Waals surface area contributed by atoms with Crippen molar-refractivity contribution in [2.45, 2.75) is 20.0 Å². The Morgan fingerprint density at radius 2 is 2.16 bits per heavy atom. The van der Waals surface area contributed by atoms with Crippen LogP contribution in [0.2, 0.25) is 0 Å². The number of carbonyl (C=O) groups excluding carboxylic acids is 1. The number of rotatable bonds is 5. The van der Waals surface area contributed by atoms with E-state index in [0.29, 0.717) is 18.1 Å². The SMILES string of the molecule is Cc1cc2ccccc2n1CC(=O)NCc1coc(-c2cccs2)n1. The molecule has 1 amide bonds. The van der Waals surface area contributed by atoms with Gasteiger partial charge in [0.1, 0.15) is 12.8 Å². The quantitative estimate of drug-likeness (QED) is 0.591. The van der Waals surface area contributed by atoms with Gasteiger partial charge in [-0.1, -0.05) is 24.3 Å². The topological polar surface area (TPSA) is 60.1 Å². The third-order valence-corrected chi connectivity index (χ3v) is 4.93. The van der Waals surface area contributed by atoms with Crippen molar-refractivity contribution >= 4 is 28.1 Å². The number of nitrogens with one attached hydrogen (secondary N) is 1. The molecule has 0 atom stereocenters. The second kappa shape index (κ2) is 6.57. The van der Waals surface area contributed by atoms with Gasteiger partial charge in [0, 0.05) is 11.2 Å². The number of amides is 1. The number of carbonyl (C=O) groups is 1. The van der Waals surface area contributed by atoms with Gasteiger partial charge >= 0.3 is 0 Å². The summed E-state index contributed by atoms with van der Waals surface area (Å²) in [5.74, 6) is 0.539. The van der Waals surface area contributed by atoms with Crippen LogP contribution in [0, 0.1) is 6.92 Å². The standard InChI is InChI=1S/C19H17N3O2S/c1-13-9-14-5-2-3-6-16(14)22(13)11-18(23)20-10-15-12-24-19(21-15)17-7-4-8-25-17/h2-9,12H,10-11H2,1H3,(H,20,23). The summed E-state index contributed by atoms with van der Waals surface area (Å²) in [6.45, 7) is 2.65. The van der Waals surface area contributed by atoms with E-state index in [0.717, 1.165) is 21.5 Å². The average Bonchev–Trinajstić information content (AvgIpc) is 3.33. The number of fused-ring (bicyclic) bond motifs is 1. The maximum absolute atomic E-state index is 12.3. The molecule has 0 fully saturated rings. The number of para-hydroxylation sites is 1. The van der Waals surface area contributed by atoms with Crippen molar-refractivity contribution in [1.29, 1.82) is 0 Å². The summed E-state index contributed by atoms with van der Waals surface area (Å²) in [5.41, 5.74) is 2.85. The van der Waals surface area contributed by atoms with E-state index in [-0.39, 0.29) is 12.5 Å². The lowest BCUT2D eigenvalue weighted by molar-refractivity contribution is -0.121. The molecule has 6 heteroatoms. The van der Waals surface area contributed by atoms with Gasteiger partial charge in [0.25, 0.3) is 0 Å². The summed E-state index contributed by atoms with van der Waals surface area (Å²) in [6.07, 6.45) is 1.59. The van der Waals surface area contributed by atoms with Crippen LogP contribution in [0.15, 0.2) is 58.5 Å². The van der Waals surface area contributed by atoms with Gasteiger partial charge in [-0.2, -0.15) is 0 Å². The van der Waals surface area contributed by atoms with Gasteiger partial charge in [0.15, 0.2) is 0 Å². The normalized spacial score (nSPS) is 11.1. The largest absolute Gasteiger partial charge is 0.443 e. The van der Waals surface area contributed by atoms with E-state index in [1.807, 2.05) is 47.2 Å². The van der Waals surface area contributed by atoms with E-state index >= 15 is 0 Å². The summed E-state index contributed by atoms with van der Waals surface area (Å²) in [5, 5.41) is 6.03. The average molecular weight is 351 g/mol. The summed E-state index contributed by atoms with van der Waals surface area (Å²) in [4.78, 5) is 17.7. The van der Waals surface area contributed by atoms with Gasteiger partial charge in [0.2, 0.25) is 11.8 Å². The van der Waals surface area contributed by atoms with Crippen LogP contribution in [0.3, 0.4) is 0 Å². The van der Waals surface area contributed by atoms with Gasteiger partial charge in [0.05, 0.1) is 17.1 Å². The predicted octanol–water partition coefficient (Wildman–Crippen LogP) is 3.98. The van der Waals surface area contributed by atoms with Crippen LogP contribution < -0.4 is 5.32 Å². The highest BCUT2D eigenvalue weighted by Crippen LogP contribution is 2.23. The fraction of sp³-hybridized carbons (Fsp3) is 0.158. The number of hydrogen-bond donors (Lipinski definition) is 1. The minimum absolute atomic E-state index is 0.0508. The number of nitrogens with zero attached hydrogens (tertiary/aromatic N) is 2. The fourth-order valence-electron chi connectivity index (χ4n) is 2.85. The van der Waals surface area contributed by atoms with Crippen molar-refractivity contribution in [1.82, 2.24) is 14.9 Å². The highest BCUT2D eigenvalue weighted by molar-refractivity contribution is 7.13. The third kappa shape index (κ3) is 3.21. The molecular weight excluding hydrogens is 334 g/mol. The second-order valence-corrected chi connectivity index (χ2v) is 6.78. The molecule has 3 aromatic heterocycles. The molecule has 0 radical (unpaired) electrons. The Kier molecular flexibility index (Phi) is 4.11. The molecule has 0 bridgehead atoms. The summed E-state index contributed by atoms with van der Waals surface area (Å²) in [7, 11) is 0. The molecule has 0 saturated heterocycles. The van der Waals surface area contributed by atoms with Crippen LogP contribution in [-0.2, 0) is 17.9 Å². The summed E-state index contributed by atoms with van der Waals surface area (Å²) >= 11 is 1.57. The smallest absolute Gasteiger partial charge is 0.240 e. The Balaban J connectivity index is 1.42. The van der Waals surface area contributed by atoms with Crippen molar-refractivity contribution in [3.63, 3.8) is 0 Å². The van der Waals surface area contributed by atoms with Gasteiger partial charge in [-0.3, -0.25) is 4.79 Å². The lowest BCUT2D eigenvalue weighted by atomic mass is 10.2. The maximum Gasteiger partial charge on any atom is 0.240 e. The molecule has 5 nitrogen and oxygen atoms in total. The monoisotopic (exact) mass is 351 g/mol. The van der Waals surface area contributed by atoms with Crippen LogP contribution in [0.5, 0.6) is 0 Å². The van der Waals surface area contributed by atoms with Gasteiger partial charge < -0.3 is 14.3 Å². The van der Waals surface area contributed by atoms with Gasteiger partial charge in [-0.25, -0.2) is 4.98 Å². The molecule has 1 aromatic carbocycles. The zero-order chi connectivity index (χ0) is 17.2. The number of aryl methyl sites for hydroxylation is 1. The molecular formula is C19H17N3O2S. The Morgan fingerprint density at radius 3 is 3.00 bits per heavy atom. The number of aromatic nitrogens is 2. The molecule has 0 aliphatic rings. The molecule has 0 unspecified atom stereocenters. The van der Waals surface area contributed by atoms with E-state index in [4.69, 9.17) is 4.42 Å². The van der Waals surface area contributed by atoms with Crippen molar-refractivity contribution in [3.05, 3.63) is 65.5 Å². The number of benzene rings is 1. The van der Waals surface area contributed by atoms with E-state index < -0.39 is 0 Å². The molecule has 0 aliphatic carbocycles. The van der Waals surface area contributed by atoms with E-state index in [1.54, 1.807) is 17.6 Å². The van der Waals surface area contributed by atoms with Crippen molar-refractivity contribution < 1.29 is 9.21 Å². The number of thiophene rings is 1. The minimum atomic E-state index is -0.0508. The Morgan fingerprint density at radius 1 is 1.28 bits per heavy atom. The molecule has 0 saturated carbocycles. The molecule has 4 aromatic rings. The first-order valence-corrected chi connectivity index (χ1v) is 8.88. The zero-order valence-corrected chi connectivity index (χ0v) is 14.5. The van der Waals surface area contributed by atoms with Crippen molar-refractivity contribution in [2.24, 2.45) is 0 Å². The van der Waals surface area contributed by atoms with Crippen LogP contribution >= 0.6 is 11.3 Å². The van der Waals surface area contributed by atoms with E-state index in [9.17, 15) is 4.79 Å². The summed E-state index contributed by atoms with van der Waals surface area (Å²) in [6, 6.07) is 14.1.